The number of amides is 1. The number of aromatic nitrogens is 1. The highest BCUT2D eigenvalue weighted by atomic mass is 16.6. The van der Waals surface area contributed by atoms with E-state index < -0.39 is 5.60 Å². The highest BCUT2D eigenvalue weighted by molar-refractivity contribution is 5.68. The van der Waals surface area contributed by atoms with E-state index in [0.29, 0.717) is 19.0 Å². The maximum atomic E-state index is 12.0. The van der Waals surface area contributed by atoms with Crippen LogP contribution in [0.2, 0.25) is 0 Å². The molecule has 0 radical (unpaired) electrons. The maximum absolute atomic E-state index is 12.0. The Morgan fingerprint density at radius 2 is 2.08 bits per heavy atom. The van der Waals surface area contributed by atoms with Gasteiger partial charge in [0.05, 0.1) is 6.10 Å². The van der Waals surface area contributed by atoms with E-state index in [4.69, 9.17) is 4.74 Å². The molecule has 5 nitrogen and oxygen atoms in total. The zero-order chi connectivity index (χ0) is 17.6. The Balaban J connectivity index is 1.68. The third kappa shape index (κ3) is 6.48. The molecule has 1 N–H and O–H groups in total. The van der Waals surface area contributed by atoms with Gasteiger partial charge in [0.1, 0.15) is 5.60 Å². The van der Waals surface area contributed by atoms with Crippen molar-refractivity contribution in [2.75, 3.05) is 13.1 Å². The smallest absolute Gasteiger partial charge is 0.410 e. The topological polar surface area (TPSA) is 62.7 Å². The molecule has 1 atom stereocenters. The van der Waals surface area contributed by atoms with Crippen molar-refractivity contribution in [3.8, 4) is 0 Å². The quantitative estimate of drug-likeness (QED) is 0.896. The predicted octanol–water partition coefficient (Wildman–Crippen LogP) is 3.41. The molecule has 5 heteroatoms. The van der Waals surface area contributed by atoms with E-state index in [1.165, 1.54) is 0 Å². The van der Waals surface area contributed by atoms with Gasteiger partial charge in [0.25, 0.3) is 0 Å². The number of carbonyl (C=O) groups is 1. The van der Waals surface area contributed by atoms with Crippen molar-refractivity contribution in [2.45, 2.75) is 64.6 Å². The van der Waals surface area contributed by atoms with E-state index in [1.54, 1.807) is 11.1 Å². The Labute approximate surface area is 145 Å². The number of piperidine rings is 1. The summed E-state index contributed by atoms with van der Waals surface area (Å²) in [5.41, 5.74) is 0.576. The zero-order valence-electron chi connectivity index (χ0n) is 15.1. The van der Waals surface area contributed by atoms with Crippen LogP contribution in [0, 0.1) is 5.92 Å². The number of ether oxygens (including phenoxy) is 1. The summed E-state index contributed by atoms with van der Waals surface area (Å²) >= 11 is 0. The molecule has 2 heterocycles. The summed E-state index contributed by atoms with van der Waals surface area (Å²) < 4.78 is 5.41. The van der Waals surface area contributed by atoms with Gasteiger partial charge in [-0.15, -0.1) is 0 Å². The van der Waals surface area contributed by atoms with Crippen molar-refractivity contribution in [3.05, 3.63) is 30.1 Å². The highest BCUT2D eigenvalue weighted by Gasteiger charge is 2.27. The molecule has 1 aliphatic rings. The highest BCUT2D eigenvalue weighted by Crippen LogP contribution is 2.24. The largest absolute Gasteiger partial charge is 0.444 e. The van der Waals surface area contributed by atoms with E-state index in [1.807, 2.05) is 39.0 Å². The minimum Gasteiger partial charge on any atom is -0.444 e. The predicted molar refractivity (Wildman–Crippen MR) is 93.7 cm³/mol. The van der Waals surface area contributed by atoms with Crippen LogP contribution in [-0.4, -0.2) is 45.9 Å². The van der Waals surface area contributed by atoms with Gasteiger partial charge in [0.2, 0.25) is 0 Å². The van der Waals surface area contributed by atoms with Crippen LogP contribution in [0.15, 0.2) is 24.4 Å². The van der Waals surface area contributed by atoms with Crippen LogP contribution in [0.5, 0.6) is 0 Å². The second kappa shape index (κ2) is 8.47. The molecule has 0 saturated carbocycles. The van der Waals surface area contributed by atoms with Gasteiger partial charge in [-0.05, 0) is 70.9 Å². The molecule has 1 fully saturated rings. The van der Waals surface area contributed by atoms with Gasteiger partial charge in [-0.1, -0.05) is 6.07 Å². The van der Waals surface area contributed by atoms with Crippen molar-refractivity contribution < 1.29 is 14.6 Å². The lowest BCUT2D eigenvalue weighted by Gasteiger charge is -2.34. The lowest BCUT2D eigenvalue weighted by molar-refractivity contribution is 0.0160. The first kappa shape index (κ1) is 18.7. The Hall–Kier alpha value is -1.62. The van der Waals surface area contributed by atoms with Gasteiger partial charge in [-0.2, -0.15) is 0 Å². The third-order valence-corrected chi connectivity index (χ3v) is 4.33. The SMILES string of the molecule is CC(C)(C)OC(=O)N1CCC(CC(O)CCc2ccccn2)CC1. The number of aryl methyl sites for hydroxylation is 1. The fraction of sp³-hybridized carbons (Fsp3) is 0.684. The van der Waals surface area contributed by atoms with Crippen LogP contribution in [0.1, 0.15) is 52.1 Å². The van der Waals surface area contributed by atoms with E-state index in [-0.39, 0.29) is 12.2 Å². The number of nitrogens with zero attached hydrogens (tertiary/aromatic N) is 2. The molecule has 1 aromatic heterocycles. The first-order valence-electron chi connectivity index (χ1n) is 8.89. The maximum Gasteiger partial charge on any atom is 0.410 e. The van der Waals surface area contributed by atoms with Crippen LogP contribution in [0.25, 0.3) is 0 Å². The zero-order valence-corrected chi connectivity index (χ0v) is 15.1. The Morgan fingerprint density at radius 1 is 1.38 bits per heavy atom. The second-order valence-electron chi connectivity index (χ2n) is 7.66. The van der Waals surface area contributed by atoms with Crippen LogP contribution in [0.4, 0.5) is 4.79 Å². The van der Waals surface area contributed by atoms with Crippen LogP contribution in [0.3, 0.4) is 0 Å². The Morgan fingerprint density at radius 3 is 2.67 bits per heavy atom. The van der Waals surface area contributed by atoms with Crippen molar-refractivity contribution in [3.63, 3.8) is 0 Å². The number of rotatable bonds is 5. The fourth-order valence-electron chi connectivity index (χ4n) is 3.04. The molecule has 1 aliphatic heterocycles. The van der Waals surface area contributed by atoms with E-state index >= 15 is 0 Å². The molecule has 0 aromatic carbocycles. The molecule has 134 valence electrons. The van der Waals surface area contributed by atoms with Gasteiger partial charge in [-0.25, -0.2) is 4.79 Å². The fourth-order valence-corrected chi connectivity index (χ4v) is 3.04. The summed E-state index contributed by atoms with van der Waals surface area (Å²) in [6.07, 6.45) is 5.46. The van der Waals surface area contributed by atoms with Gasteiger partial charge < -0.3 is 14.7 Å². The summed E-state index contributed by atoms with van der Waals surface area (Å²) in [5.74, 6) is 0.474. The average molecular weight is 334 g/mol. The van der Waals surface area contributed by atoms with Gasteiger partial charge in [-0.3, -0.25) is 4.98 Å². The van der Waals surface area contributed by atoms with Crippen LogP contribution in [-0.2, 0) is 11.2 Å². The monoisotopic (exact) mass is 334 g/mol. The van der Waals surface area contributed by atoms with E-state index in [2.05, 4.69) is 4.98 Å². The van der Waals surface area contributed by atoms with Crippen LogP contribution < -0.4 is 0 Å². The number of hydrogen-bond donors (Lipinski definition) is 1. The van der Waals surface area contributed by atoms with Gasteiger partial charge >= 0.3 is 6.09 Å². The molecule has 1 saturated heterocycles. The van der Waals surface area contributed by atoms with Crippen LogP contribution >= 0.6 is 0 Å². The number of carbonyl (C=O) groups excluding carboxylic acids is 1. The third-order valence-electron chi connectivity index (χ3n) is 4.33. The molecule has 0 bridgehead atoms. The van der Waals surface area contributed by atoms with Crippen molar-refractivity contribution in [2.24, 2.45) is 5.92 Å². The number of hydrogen-bond acceptors (Lipinski definition) is 4. The number of pyridine rings is 1. The Kier molecular flexibility index (Phi) is 6.60. The van der Waals surface area contributed by atoms with Crippen molar-refractivity contribution >= 4 is 6.09 Å². The summed E-state index contributed by atoms with van der Waals surface area (Å²) in [5, 5.41) is 10.3. The number of aliphatic hydroxyl groups excluding tert-OH is 1. The molecule has 24 heavy (non-hydrogen) atoms. The molecular weight excluding hydrogens is 304 g/mol. The molecule has 1 amide bonds. The van der Waals surface area contributed by atoms with Gasteiger partial charge in [0, 0.05) is 25.0 Å². The molecule has 0 aliphatic carbocycles. The minimum atomic E-state index is -0.449. The molecule has 2 rings (SSSR count). The molecule has 0 spiro atoms. The summed E-state index contributed by atoms with van der Waals surface area (Å²) in [6, 6.07) is 5.87. The van der Waals surface area contributed by atoms with E-state index in [9.17, 15) is 9.90 Å². The number of aliphatic hydroxyl groups is 1. The van der Waals surface area contributed by atoms with Crippen molar-refractivity contribution in [1.82, 2.24) is 9.88 Å². The number of likely N-dealkylation sites (tertiary alicyclic amines) is 1. The summed E-state index contributed by atoms with van der Waals surface area (Å²) in [6.45, 7) is 7.08. The minimum absolute atomic E-state index is 0.225. The lowest BCUT2D eigenvalue weighted by atomic mass is 9.90. The first-order chi connectivity index (χ1) is 11.3. The Bertz CT molecular complexity index is 505. The normalized spacial score (nSPS) is 17.6. The summed E-state index contributed by atoms with van der Waals surface area (Å²) in [7, 11) is 0. The lowest BCUT2D eigenvalue weighted by Crippen LogP contribution is -2.42. The molecule has 1 unspecified atom stereocenters. The first-order valence-corrected chi connectivity index (χ1v) is 8.89. The molecule has 1 aromatic rings. The van der Waals surface area contributed by atoms with Gasteiger partial charge in [0.15, 0.2) is 0 Å². The average Bonchev–Trinajstić information content (AvgIpc) is 2.53. The standard InChI is InChI=1S/C19H30N2O3/c1-19(2,3)24-18(23)21-12-9-15(10-13-21)14-17(22)8-7-16-6-4-5-11-20-16/h4-6,11,15,17,22H,7-10,12-14H2,1-3H3. The molecular formula is C19H30N2O3. The van der Waals surface area contributed by atoms with Crippen molar-refractivity contribution in [1.29, 1.82) is 0 Å². The summed E-state index contributed by atoms with van der Waals surface area (Å²) in [4.78, 5) is 18.1. The van der Waals surface area contributed by atoms with E-state index in [0.717, 1.165) is 37.8 Å². The second-order valence-corrected chi connectivity index (χ2v) is 7.66.